The van der Waals surface area contributed by atoms with Gasteiger partial charge in [0.1, 0.15) is 0 Å². The predicted molar refractivity (Wildman–Crippen MR) is 85.0 cm³/mol. The summed E-state index contributed by atoms with van der Waals surface area (Å²) in [6.07, 6.45) is 2.00. The van der Waals surface area contributed by atoms with E-state index in [2.05, 4.69) is 26.6 Å². The minimum Gasteiger partial charge on any atom is -0.308 e. The molecule has 2 rings (SSSR count). The summed E-state index contributed by atoms with van der Waals surface area (Å²) >= 11 is 5.00. The van der Waals surface area contributed by atoms with Gasteiger partial charge < -0.3 is 10.6 Å². The Morgan fingerprint density at radius 1 is 1.05 bits per heavy atom. The molecule has 0 radical (unpaired) electrons. The number of urea groups is 1. The second-order valence-electron chi connectivity index (χ2n) is 3.82. The number of carbonyl (C=O) groups excluding carboxylic acids is 1. The minimum atomic E-state index is -0.253. The summed E-state index contributed by atoms with van der Waals surface area (Å²) in [6, 6.07) is 14.9. The van der Waals surface area contributed by atoms with Crippen molar-refractivity contribution < 1.29 is 4.79 Å². The molecule has 98 valence electrons. The third kappa shape index (κ3) is 4.29. The molecule has 0 spiro atoms. The molecule has 0 saturated heterocycles. The Balaban J connectivity index is 2.01. The van der Waals surface area contributed by atoms with Crippen molar-refractivity contribution in [3.63, 3.8) is 0 Å². The molecule has 2 aromatic carbocycles. The van der Waals surface area contributed by atoms with E-state index in [1.165, 1.54) is 0 Å². The van der Waals surface area contributed by atoms with Gasteiger partial charge in [-0.15, -0.1) is 11.8 Å². The number of rotatable bonds is 3. The average Bonchev–Trinajstić information content (AvgIpc) is 2.38. The third-order valence-electron chi connectivity index (χ3n) is 2.41. The molecule has 0 aliphatic rings. The first kappa shape index (κ1) is 14.0. The molecule has 19 heavy (non-hydrogen) atoms. The Bertz CT molecular complexity index is 589. The number of thioether (sulfide) groups is 1. The zero-order chi connectivity index (χ0) is 13.7. The van der Waals surface area contributed by atoms with Crippen LogP contribution in [0.25, 0.3) is 0 Å². The zero-order valence-electron chi connectivity index (χ0n) is 10.3. The van der Waals surface area contributed by atoms with Crippen LogP contribution >= 0.6 is 27.7 Å². The molecule has 0 aromatic heterocycles. The molecule has 0 atom stereocenters. The maximum Gasteiger partial charge on any atom is 0.323 e. The van der Waals surface area contributed by atoms with Gasteiger partial charge in [-0.2, -0.15) is 0 Å². The first-order chi connectivity index (χ1) is 9.17. The Morgan fingerprint density at radius 3 is 2.32 bits per heavy atom. The number of halogens is 1. The SMILES string of the molecule is CSc1cccc(NC(=O)Nc2cccc(Br)c2)c1. The molecular weight excluding hydrogens is 324 g/mol. The topological polar surface area (TPSA) is 41.1 Å². The molecule has 2 aromatic rings. The summed E-state index contributed by atoms with van der Waals surface area (Å²) in [5.41, 5.74) is 1.52. The van der Waals surface area contributed by atoms with Gasteiger partial charge in [-0.25, -0.2) is 4.79 Å². The van der Waals surface area contributed by atoms with E-state index in [1.54, 1.807) is 11.8 Å². The summed E-state index contributed by atoms with van der Waals surface area (Å²) in [5, 5.41) is 5.59. The van der Waals surface area contributed by atoms with Gasteiger partial charge in [0.15, 0.2) is 0 Å². The van der Waals surface area contributed by atoms with Crippen LogP contribution in [-0.4, -0.2) is 12.3 Å². The third-order valence-corrected chi connectivity index (χ3v) is 3.63. The number of hydrogen-bond acceptors (Lipinski definition) is 2. The van der Waals surface area contributed by atoms with Crippen LogP contribution in [-0.2, 0) is 0 Å². The number of benzene rings is 2. The highest BCUT2D eigenvalue weighted by molar-refractivity contribution is 9.10. The van der Waals surface area contributed by atoms with Gasteiger partial charge in [-0.3, -0.25) is 0 Å². The number of carbonyl (C=O) groups is 1. The maximum atomic E-state index is 11.8. The van der Waals surface area contributed by atoms with Crippen molar-refractivity contribution in [1.29, 1.82) is 0 Å². The average molecular weight is 337 g/mol. The zero-order valence-corrected chi connectivity index (χ0v) is 12.7. The van der Waals surface area contributed by atoms with Crippen molar-refractivity contribution in [3.8, 4) is 0 Å². The summed E-state index contributed by atoms with van der Waals surface area (Å²) in [6.45, 7) is 0. The Kier molecular flexibility index (Phi) is 4.87. The number of nitrogens with one attached hydrogen (secondary N) is 2. The van der Waals surface area contributed by atoms with Crippen molar-refractivity contribution >= 4 is 45.1 Å². The van der Waals surface area contributed by atoms with E-state index in [9.17, 15) is 4.79 Å². The second-order valence-corrected chi connectivity index (χ2v) is 5.62. The van der Waals surface area contributed by atoms with Crippen LogP contribution in [0.5, 0.6) is 0 Å². The molecule has 0 saturated carbocycles. The van der Waals surface area contributed by atoms with E-state index in [4.69, 9.17) is 0 Å². The standard InChI is InChI=1S/C14H13BrN2OS/c1-19-13-7-3-6-12(9-13)17-14(18)16-11-5-2-4-10(15)8-11/h2-9H,1H3,(H2,16,17,18). The lowest BCUT2D eigenvalue weighted by atomic mass is 10.3. The predicted octanol–water partition coefficient (Wildman–Crippen LogP) is 4.82. The van der Waals surface area contributed by atoms with Crippen molar-refractivity contribution in [2.24, 2.45) is 0 Å². The van der Waals surface area contributed by atoms with E-state index in [0.29, 0.717) is 0 Å². The molecule has 0 heterocycles. The van der Waals surface area contributed by atoms with Gasteiger partial charge in [-0.1, -0.05) is 28.1 Å². The molecule has 3 nitrogen and oxygen atoms in total. The first-order valence-electron chi connectivity index (χ1n) is 5.65. The normalized spacial score (nSPS) is 10.0. The van der Waals surface area contributed by atoms with Crippen LogP contribution < -0.4 is 10.6 Å². The summed E-state index contributed by atoms with van der Waals surface area (Å²) in [7, 11) is 0. The fourth-order valence-electron chi connectivity index (χ4n) is 1.56. The molecule has 5 heteroatoms. The lowest BCUT2D eigenvalue weighted by molar-refractivity contribution is 0.262. The van der Waals surface area contributed by atoms with E-state index >= 15 is 0 Å². The lowest BCUT2D eigenvalue weighted by Crippen LogP contribution is -2.19. The number of amides is 2. The molecule has 0 unspecified atom stereocenters. The van der Waals surface area contributed by atoms with Crippen LogP contribution in [0.15, 0.2) is 57.9 Å². The maximum absolute atomic E-state index is 11.8. The molecule has 0 aliphatic heterocycles. The van der Waals surface area contributed by atoms with Crippen molar-refractivity contribution in [2.45, 2.75) is 4.90 Å². The fourth-order valence-corrected chi connectivity index (χ4v) is 2.42. The highest BCUT2D eigenvalue weighted by Gasteiger charge is 2.03. The molecule has 2 N–H and O–H groups in total. The summed E-state index contributed by atoms with van der Waals surface area (Å²) in [4.78, 5) is 13.0. The highest BCUT2D eigenvalue weighted by Crippen LogP contribution is 2.19. The molecule has 0 fully saturated rings. The van der Waals surface area contributed by atoms with Crippen LogP contribution in [0.1, 0.15) is 0 Å². The fraction of sp³-hybridized carbons (Fsp3) is 0.0714. The smallest absolute Gasteiger partial charge is 0.308 e. The van der Waals surface area contributed by atoms with Crippen LogP contribution in [0.3, 0.4) is 0 Å². The van der Waals surface area contributed by atoms with Gasteiger partial charge in [0.05, 0.1) is 0 Å². The van der Waals surface area contributed by atoms with Crippen molar-refractivity contribution in [3.05, 3.63) is 53.0 Å². The van der Waals surface area contributed by atoms with Gasteiger partial charge in [-0.05, 0) is 42.7 Å². The number of anilines is 2. The quantitative estimate of drug-likeness (QED) is 0.789. The van der Waals surface area contributed by atoms with E-state index in [-0.39, 0.29) is 6.03 Å². The highest BCUT2D eigenvalue weighted by atomic mass is 79.9. The Labute approximate surface area is 124 Å². The lowest BCUT2D eigenvalue weighted by Gasteiger charge is -2.08. The van der Waals surface area contributed by atoms with Gasteiger partial charge in [0, 0.05) is 20.7 Å². The van der Waals surface area contributed by atoms with Crippen molar-refractivity contribution in [1.82, 2.24) is 0 Å². The van der Waals surface area contributed by atoms with Crippen molar-refractivity contribution in [2.75, 3.05) is 16.9 Å². The van der Waals surface area contributed by atoms with E-state index < -0.39 is 0 Å². The first-order valence-corrected chi connectivity index (χ1v) is 7.67. The van der Waals surface area contributed by atoms with Gasteiger partial charge in [0.2, 0.25) is 0 Å². The van der Waals surface area contributed by atoms with Crippen LogP contribution in [0.4, 0.5) is 16.2 Å². The van der Waals surface area contributed by atoms with Gasteiger partial charge >= 0.3 is 6.03 Å². The molecular formula is C14H13BrN2OS. The monoisotopic (exact) mass is 336 g/mol. The van der Waals surface area contributed by atoms with E-state index in [1.807, 2.05) is 54.8 Å². The second kappa shape index (κ2) is 6.63. The van der Waals surface area contributed by atoms with Crippen LogP contribution in [0, 0.1) is 0 Å². The van der Waals surface area contributed by atoms with Crippen LogP contribution in [0.2, 0.25) is 0 Å². The summed E-state index contributed by atoms with van der Waals surface area (Å²) in [5.74, 6) is 0. The summed E-state index contributed by atoms with van der Waals surface area (Å²) < 4.78 is 0.926. The molecule has 0 bridgehead atoms. The Hall–Kier alpha value is -1.46. The number of hydrogen-bond donors (Lipinski definition) is 2. The largest absolute Gasteiger partial charge is 0.323 e. The molecule has 0 aliphatic carbocycles. The van der Waals surface area contributed by atoms with Gasteiger partial charge in [0.25, 0.3) is 0 Å². The molecule has 2 amide bonds. The minimum absolute atomic E-state index is 0.253. The van der Waals surface area contributed by atoms with E-state index in [0.717, 1.165) is 20.7 Å². The Morgan fingerprint density at radius 2 is 1.68 bits per heavy atom.